The number of methoxy groups -OCH3 is 2. The number of nitrogens with zero attached hydrogens (tertiary/aromatic N) is 7. The average molecular weight is 1520 g/mol. The molecule has 1 saturated heterocycles. The summed E-state index contributed by atoms with van der Waals surface area (Å²) in [7, 11) is 5.24. The normalized spacial score (nSPS) is 16.7. The fraction of sp³-hybridized carbons (Fsp3) is 0.494. The summed E-state index contributed by atoms with van der Waals surface area (Å²) >= 11 is 0. The van der Waals surface area contributed by atoms with Crippen LogP contribution in [0.2, 0.25) is 0 Å². The van der Waals surface area contributed by atoms with E-state index in [2.05, 4.69) is 62.4 Å². The Balaban J connectivity index is 0.518. The number of rotatable bonds is 48. The van der Waals surface area contributed by atoms with Crippen LogP contribution in [0.3, 0.4) is 0 Å². The molecule has 31 heteroatoms. The predicted molar refractivity (Wildman–Crippen MR) is 409 cm³/mol. The van der Waals surface area contributed by atoms with Crippen LogP contribution in [0, 0.1) is 0 Å². The van der Waals surface area contributed by atoms with Gasteiger partial charge in [0.25, 0.3) is 23.6 Å². The van der Waals surface area contributed by atoms with Gasteiger partial charge in [0.05, 0.1) is 174 Å². The van der Waals surface area contributed by atoms with Crippen molar-refractivity contribution in [1.82, 2.24) is 35.6 Å². The number of carbonyl (C=O) groups excluding carboxylic acids is 8. The zero-order valence-corrected chi connectivity index (χ0v) is 63.0. The van der Waals surface area contributed by atoms with E-state index in [4.69, 9.17) is 66.8 Å². The van der Waals surface area contributed by atoms with E-state index in [1.807, 2.05) is 30.7 Å². The van der Waals surface area contributed by atoms with E-state index in [0.29, 0.717) is 183 Å². The van der Waals surface area contributed by atoms with E-state index in [1.165, 1.54) is 24.9 Å². The number of likely N-dealkylation sites (N-methyl/N-ethyl adjacent to an activating group) is 1. The van der Waals surface area contributed by atoms with Crippen molar-refractivity contribution in [1.29, 1.82) is 0 Å². The molecule has 6 heterocycles. The number of carbonyl (C=O) groups is 8. The molecule has 0 saturated carbocycles. The van der Waals surface area contributed by atoms with E-state index >= 15 is 0 Å². The highest BCUT2D eigenvalue weighted by Gasteiger charge is 2.36. The molecular weight excluding hydrogens is 1420 g/mol. The zero-order chi connectivity index (χ0) is 77.4. The second-order valence-electron chi connectivity index (χ2n) is 26.5. The minimum atomic E-state index is -0.912. The van der Waals surface area contributed by atoms with Gasteiger partial charge < -0.3 is 97.7 Å². The van der Waals surface area contributed by atoms with E-state index < -0.39 is 35.6 Å². The first-order valence-electron chi connectivity index (χ1n) is 37.4. The summed E-state index contributed by atoms with van der Waals surface area (Å²) in [5, 5.41) is 10.6. The molecule has 3 unspecified atom stereocenters. The lowest BCUT2D eigenvalue weighted by molar-refractivity contribution is -0.137. The highest BCUT2D eigenvalue weighted by molar-refractivity contribution is 6.13. The second kappa shape index (κ2) is 43.4. The average Bonchev–Trinajstić information content (AvgIpc) is 1.62. The minimum absolute atomic E-state index is 0.0250. The minimum Gasteiger partial charge on any atom is -0.493 e. The van der Waals surface area contributed by atoms with Crippen LogP contribution in [0.25, 0.3) is 11.1 Å². The van der Waals surface area contributed by atoms with Gasteiger partial charge in [-0.2, -0.15) is 0 Å². The first kappa shape index (κ1) is 82.5. The first-order chi connectivity index (χ1) is 53.6. The Bertz CT molecular complexity index is 3920. The molecule has 1 fully saturated rings. The zero-order valence-electron chi connectivity index (χ0n) is 63.0. The van der Waals surface area contributed by atoms with Crippen LogP contribution in [0.1, 0.15) is 83.7 Å². The number of nitrogens with one attached hydrogen (secondary N) is 4. The largest absolute Gasteiger partial charge is 0.493 e. The van der Waals surface area contributed by atoms with Crippen LogP contribution < -0.4 is 45.1 Å². The Hall–Kier alpha value is -9.96. The van der Waals surface area contributed by atoms with Gasteiger partial charge in [-0.1, -0.05) is 24.3 Å². The van der Waals surface area contributed by atoms with Crippen LogP contribution in [0.5, 0.6) is 23.0 Å². The number of anilines is 2. The summed E-state index contributed by atoms with van der Waals surface area (Å²) in [5.74, 6) is -1.03. The maximum atomic E-state index is 14.1. The molecule has 6 aliphatic heterocycles. The lowest BCUT2D eigenvalue weighted by atomic mass is 10.0. The van der Waals surface area contributed by atoms with Gasteiger partial charge in [0.2, 0.25) is 23.6 Å². The summed E-state index contributed by atoms with van der Waals surface area (Å²) in [6.45, 7) is 12.1. The van der Waals surface area contributed by atoms with E-state index in [-0.39, 0.29) is 69.0 Å². The predicted octanol–water partition coefficient (Wildman–Crippen LogP) is 5.54. The fourth-order valence-corrected chi connectivity index (χ4v) is 12.5. The van der Waals surface area contributed by atoms with Crippen molar-refractivity contribution in [2.75, 3.05) is 196 Å². The molecule has 0 aromatic heterocycles. The highest BCUT2D eigenvalue weighted by Crippen LogP contribution is 2.42. The molecule has 0 bridgehead atoms. The maximum Gasteiger partial charge on any atom is 0.260 e. The van der Waals surface area contributed by atoms with Gasteiger partial charge in [-0.05, 0) is 91.9 Å². The fourth-order valence-electron chi connectivity index (χ4n) is 12.5. The van der Waals surface area contributed by atoms with E-state index in [1.54, 1.807) is 66.4 Å². The van der Waals surface area contributed by atoms with Gasteiger partial charge in [0.1, 0.15) is 6.04 Å². The number of unbranched alkanes of at least 4 members (excludes halogenated alkanes) is 2. The number of benzene rings is 4. The molecule has 0 spiro atoms. The smallest absolute Gasteiger partial charge is 0.260 e. The Morgan fingerprint density at radius 3 is 1.42 bits per heavy atom. The molecule has 0 aliphatic carbocycles. The third-order valence-corrected chi connectivity index (χ3v) is 18.7. The number of ether oxygens (including phenoxy) is 12. The Morgan fingerprint density at radius 2 is 0.945 bits per heavy atom. The molecule has 592 valence electrons. The quantitative estimate of drug-likeness (QED) is 0.0311. The standard InChI is InChI=1S/C79H101N11O20/c1-55(84-74(93)52-83-73(92)19-28-101-30-32-103-34-36-105-38-40-107-42-43-108-41-39-106-37-35-104-33-31-102-29-20-80-72(91)18-21-88-75(94)16-17-76(88)95)77(96)85-60-12-8-56(9-13-60)58-44-62-50-81-66-48-70(68(99-3)46-64(66)78(97)89(62)53-58)109-26-6-5-7-27-110-71-49-67-65(47-69(71)100-4)79(98)90-54-59(45-63(90)51-82-67)57-10-14-61(15-11-57)87-24-22-86(2)23-25-87/h8-17,46-51,53-55,62-63H,5-7,18-45,52H2,1-4H3,(H,80,91)(H,83,92)(H,84,93)(H,85,96). The SMILES string of the molecule is COc1cc2c(cc1OCCCCCOc1cc3c(cc1OC)C(=O)N1C=C(c4ccc(N5CCN(C)CC5)cc4)CC1C=N3)N=CC1CC(c3ccc(NC(=O)C(C)NC(=O)CNC(=O)CCOCCOCCOCCOCCOCCOCCOCCOCCNC(=O)CCN4C(=O)C=CC4=O)cc3)=CN1C2=O. The summed E-state index contributed by atoms with van der Waals surface area (Å²) < 4.78 is 67.8. The molecule has 10 rings (SSSR count). The van der Waals surface area contributed by atoms with Gasteiger partial charge >= 0.3 is 0 Å². The first-order valence-corrected chi connectivity index (χ1v) is 37.4. The monoisotopic (exact) mass is 1520 g/mol. The van der Waals surface area contributed by atoms with Crippen LogP contribution in [0.4, 0.5) is 22.7 Å². The summed E-state index contributed by atoms with van der Waals surface area (Å²) in [6, 6.07) is 21.3. The molecule has 4 aromatic carbocycles. The van der Waals surface area contributed by atoms with E-state index in [9.17, 15) is 38.4 Å². The topological polar surface area (TPSA) is 336 Å². The summed E-state index contributed by atoms with van der Waals surface area (Å²) in [6.07, 6.45) is 13.2. The van der Waals surface area contributed by atoms with Gasteiger partial charge in [-0.25, -0.2) is 0 Å². The number of imide groups is 1. The number of hydrogen-bond donors (Lipinski definition) is 4. The van der Waals surface area contributed by atoms with Crippen LogP contribution in [-0.4, -0.2) is 283 Å². The van der Waals surface area contributed by atoms with Gasteiger partial charge in [0.15, 0.2) is 23.0 Å². The number of aliphatic imine (C=N–C) groups is 2. The molecule has 110 heavy (non-hydrogen) atoms. The van der Waals surface area contributed by atoms with Crippen LogP contribution >= 0.6 is 0 Å². The third kappa shape index (κ3) is 24.8. The maximum absolute atomic E-state index is 14.1. The molecule has 6 aliphatic rings. The number of amides is 8. The van der Waals surface area contributed by atoms with Crippen LogP contribution in [0.15, 0.2) is 107 Å². The van der Waals surface area contributed by atoms with Crippen molar-refractivity contribution in [2.24, 2.45) is 9.98 Å². The summed E-state index contributed by atoms with van der Waals surface area (Å²) in [4.78, 5) is 120. The number of fused-ring (bicyclic) bond motifs is 4. The van der Waals surface area contributed by atoms with Crippen molar-refractivity contribution < 1.29 is 95.2 Å². The van der Waals surface area contributed by atoms with Gasteiger partial charge in [0, 0.05) is 125 Å². The Labute approximate surface area is 640 Å². The molecule has 4 N–H and O–H groups in total. The van der Waals surface area contributed by atoms with Crippen LogP contribution in [-0.2, 0) is 66.7 Å². The van der Waals surface area contributed by atoms with Crippen molar-refractivity contribution in [3.05, 3.63) is 120 Å². The Morgan fingerprint density at radius 1 is 0.500 bits per heavy atom. The molecule has 4 aromatic rings. The molecule has 0 radical (unpaired) electrons. The van der Waals surface area contributed by atoms with Gasteiger partial charge in [-0.15, -0.1) is 0 Å². The highest BCUT2D eigenvalue weighted by atomic mass is 16.6. The molecule has 31 nitrogen and oxygen atoms in total. The lowest BCUT2D eigenvalue weighted by Crippen LogP contribution is -2.46. The third-order valence-electron chi connectivity index (χ3n) is 18.7. The lowest BCUT2D eigenvalue weighted by Gasteiger charge is -2.34. The molecule has 8 amide bonds. The van der Waals surface area contributed by atoms with Gasteiger partial charge in [-0.3, -0.25) is 53.2 Å². The van der Waals surface area contributed by atoms with Crippen molar-refractivity contribution in [3.8, 4) is 23.0 Å². The Kier molecular flexibility index (Phi) is 32.6. The van der Waals surface area contributed by atoms with Crippen molar-refractivity contribution in [2.45, 2.75) is 70.0 Å². The molecule has 3 atom stereocenters. The van der Waals surface area contributed by atoms with E-state index in [0.717, 1.165) is 66.2 Å². The van der Waals surface area contributed by atoms with Crippen molar-refractivity contribution >= 4 is 93.6 Å². The van der Waals surface area contributed by atoms with Crippen molar-refractivity contribution in [3.63, 3.8) is 0 Å². The summed E-state index contributed by atoms with van der Waals surface area (Å²) in [5.41, 5.74) is 7.47. The number of hydrogen-bond acceptors (Lipinski definition) is 24. The second-order valence-corrected chi connectivity index (χ2v) is 26.5. The number of piperazine rings is 1. The molecular formula is C79H101N11O20.